The SMILES string of the molecule is COc1ccc(NCCNC(=O)O)cn1. The first kappa shape index (κ1) is 11.1. The highest BCUT2D eigenvalue weighted by Crippen LogP contribution is 2.09. The molecule has 0 aliphatic heterocycles. The average Bonchev–Trinajstić information content (AvgIpc) is 2.25. The zero-order valence-electron chi connectivity index (χ0n) is 8.36. The predicted molar refractivity (Wildman–Crippen MR) is 55.3 cm³/mol. The number of rotatable bonds is 5. The molecule has 0 radical (unpaired) electrons. The minimum absolute atomic E-state index is 0.349. The molecule has 1 amide bonds. The van der Waals surface area contributed by atoms with Gasteiger partial charge in [0.05, 0.1) is 19.0 Å². The highest BCUT2D eigenvalue weighted by Gasteiger charge is 1.95. The molecular weight excluding hydrogens is 198 g/mol. The Morgan fingerprint density at radius 2 is 2.33 bits per heavy atom. The molecule has 0 bridgehead atoms. The summed E-state index contributed by atoms with van der Waals surface area (Å²) in [6, 6.07) is 3.54. The van der Waals surface area contributed by atoms with E-state index < -0.39 is 6.09 Å². The Bertz CT molecular complexity index is 313. The molecule has 0 aromatic carbocycles. The standard InChI is InChI=1S/C9H13N3O3/c1-15-8-3-2-7(6-12-8)10-4-5-11-9(13)14/h2-3,6,10-11H,4-5H2,1H3,(H,13,14). The van der Waals surface area contributed by atoms with Gasteiger partial charge in [-0.25, -0.2) is 9.78 Å². The molecule has 1 heterocycles. The number of hydrogen-bond donors (Lipinski definition) is 3. The monoisotopic (exact) mass is 211 g/mol. The van der Waals surface area contributed by atoms with Crippen molar-refractivity contribution < 1.29 is 14.6 Å². The number of aromatic nitrogens is 1. The van der Waals surface area contributed by atoms with Gasteiger partial charge in [0.2, 0.25) is 5.88 Å². The maximum atomic E-state index is 10.1. The van der Waals surface area contributed by atoms with E-state index in [1.165, 1.54) is 0 Å². The number of hydrogen-bond acceptors (Lipinski definition) is 4. The fourth-order valence-corrected chi connectivity index (χ4v) is 0.982. The Balaban J connectivity index is 2.28. The Morgan fingerprint density at radius 1 is 1.53 bits per heavy atom. The zero-order valence-corrected chi connectivity index (χ0v) is 8.36. The van der Waals surface area contributed by atoms with E-state index in [1.807, 2.05) is 6.07 Å². The zero-order chi connectivity index (χ0) is 11.1. The van der Waals surface area contributed by atoms with E-state index >= 15 is 0 Å². The largest absolute Gasteiger partial charge is 0.481 e. The van der Waals surface area contributed by atoms with Gasteiger partial charge in [-0.3, -0.25) is 0 Å². The van der Waals surface area contributed by atoms with Crippen molar-refractivity contribution in [2.24, 2.45) is 0 Å². The van der Waals surface area contributed by atoms with Gasteiger partial charge >= 0.3 is 6.09 Å². The number of carboxylic acid groups (broad SMARTS) is 1. The first-order valence-corrected chi connectivity index (χ1v) is 4.43. The van der Waals surface area contributed by atoms with E-state index in [0.29, 0.717) is 19.0 Å². The topological polar surface area (TPSA) is 83.5 Å². The third kappa shape index (κ3) is 4.17. The summed E-state index contributed by atoms with van der Waals surface area (Å²) >= 11 is 0. The van der Waals surface area contributed by atoms with Gasteiger partial charge in [0.15, 0.2) is 0 Å². The molecule has 0 saturated carbocycles. The van der Waals surface area contributed by atoms with Crippen LogP contribution in [-0.2, 0) is 0 Å². The van der Waals surface area contributed by atoms with E-state index in [9.17, 15) is 4.79 Å². The molecule has 15 heavy (non-hydrogen) atoms. The lowest BCUT2D eigenvalue weighted by Crippen LogP contribution is -2.26. The molecule has 0 atom stereocenters. The van der Waals surface area contributed by atoms with Crippen molar-refractivity contribution in [3.05, 3.63) is 18.3 Å². The fraction of sp³-hybridized carbons (Fsp3) is 0.333. The second kappa shape index (κ2) is 5.69. The van der Waals surface area contributed by atoms with Crippen molar-refractivity contribution >= 4 is 11.8 Å². The summed E-state index contributed by atoms with van der Waals surface area (Å²) in [6.07, 6.45) is 0.601. The van der Waals surface area contributed by atoms with Gasteiger partial charge in [0.25, 0.3) is 0 Å². The molecule has 6 nitrogen and oxygen atoms in total. The van der Waals surface area contributed by atoms with Gasteiger partial charge in [-0.1, -0.05) is 0 Å². The van der Waals surface area contributed by atoms with Gasteiger partial charge in [0.1, 0.15) is 0 Å². The Kier molecular flexibility index (Phi) is 4.21. The van der Waals surface area contributed by atoms with Crippen molar-refractivity contribution in [1.82, 2.24) is 10.3 Å². The summed E-state index contributed by atoms with van der Waals surface area (Å²) in [7, 11) is 1.55. The Labute approximate surface area is 87.3 Å². The van der Waals surface area contributed by atoms with Crippen LogP contribution < -0.4 is 15.4 Å². The first-order valence-electron chi connectivity index (χ1n) is 4.43. The highest BCUT2D eigenvalue weighted by molar-refractivity contribution is 5.64. The van der Waals surface area contributed by atoms with Crippen molar-refractivity contribution in [1.29, 1.82) is 0 Å². The Hall–Kier alpha value is -1.98. The van der Waals surface area contributed by atoms with E-state index in [1.54, 1.807) is 19.4 Å². The average molecular weight is 211 g/mol. The van der Waals surface area contributed by atoms with Crippen LogP contribution in [0.5, 0.6) is 5.88 Å². The van der Waals surface area contributed by atoms with E-state index in [4.69, 9.17) is 9.84 Å². The van der Waals surface area contributed by atoms with Crippen molar-refractivity contribution in [2.75, 3.05) is 25.5 Å². The molecule has 0 aliphatic carbocycles. The van der Waals surface area contributed by atoms with Gasteiger partial charge < -0.3 is 20.5 Å². The number of carbonyl (C=O) groups is 1. The van der Waals surface area contributed by atoms with Crippen LogP contribution in [-0.4, -0.2) is 36.4 Å². The van der Waals surface area contributed by atoms with E-state index in [0.717, 1.165) is 5.69 Å². The predicted octanol–water partition coefficient (Wildman–Crippen LogP) is 0.770. The molecule has 0 spiro atoms. The summed E-state index contributed by atoms with van der Waals surface area (Å²) in [6.45, 7) is 0.863. The molecule has 0 unspecified atom stereocenters. The number of pyridine rings is 1. The lowest BCUT2D eigenvalue weighted by Gasteiger charge is -2.06. The second-order valence-electron chi connectivity index (χ2n) is 2.75. The van der Waals surface area contributed by atoms with Crippen LogP contribution in [0.1, 0.15) is 0 Å². The summed E-state index contributed by atoms with van der Waals surface area (Å²) in [5, 5.41) is 13.6. The molecular formula is C9H13N3O3. The Morgan fingerprint density at radius 3 is 2.87 bits per heavy atom. The van der Waals surface area contributed by atoms with Crippen LogP contribution in [0, 0.1) is 0 Å². The van der Waals surface area contributed by atoms with Crippen LogP contribution >= 0.6 is 0 Å². The van der Waals surface area contributed by atoms with Crippen LogP contribution in [0.15, 0.2) is 18.3 Å². The summed E-state index contributed by atoms with van der Waals surface area (Å²) in [5.74, 6) is 0.546. The van der Waals surface area contributed by atoms with Crippen molar-refractivity contribution in [3.63, 3.8) is 0 Å². The fourth-order valence-electron chi connectivity index (χ4n) is 0.982. The first-order chi connectivity index (χ1) is 7.22. The van der Waals surface area contributed by atoms with Gasteiger partial charge in [0, 0.05) is 19.2 Å². The number of methoxy groups -OCH3 is 1. The molecule has 0 aliphatic rings. The molecule has 1 aromatic heterocycles. The minimum atomic E-state index is -1.02. The number of nitrogens with zero attached hydrogens (tertiary/aromatic N) is 1. The van der Waals surface area contributed by atoms with Crippen LogP contribution in [0.25, 0.3) is 0 Å². The normalized spacial score (nSPS) is 9.40. The summed E-state index contributed by atoms with van der Waals surface area (Å²) in [4.78, 5) is 14.1. The number of nitrogens with one attached hydrogen (secondary N) is 2. The third-order valence-corrected chi connectivity index (χ3v) is 1.68. The highest BCUT2D eigenvalue weighted by atomic mass is 16.5. The van der Waals surface area contributed by atoms with Gasteiger partial charge in [-0.2, -0.15) is 0 Å². The molecule has 6 heteroatoms. The third-order valence-electron chi connectivity index (χ3n) is 1.68. The number of ether oxygens (including phenoxy) is 1. The van der Waals surface area contributed by atoms with Gasteiger partial charge in [-0.15, -0.1) is 0 Å². The van der Waals surface area contributed by atoms with E-state index in [2.05, 4.69) is 15.6 Å². The number of anilines is 1. The van der Waals surface area contributed by atoms with Crippen LogP contribution in [0.2, 0.25) is 0 Å². The maximum absolute atomic E-state index is 10.1. The molecule has 3 N–H and O–H groups in total. The minimum Gasteiger partial charge on any atom is -0.481 e. The van der Waals surface area contributed by atoms with E-state index in [-0.39, 0.29) is 0 Å². The second-order valence-corrected chi connectivity index (χ2v) is 2.75. The molecule has 82 valence electrons. The van der Waals surface area contributed by atoms with Crippen LogP contribution in [0.4, 0.5) is 10.5 Å². The lowest BCUT2D eigenvalue weighted by molar-refractivity contribution is 0.195. The molecule has 0 saturated heterocycles. The van der Waals surface area contributed by atoms with Crippen LogP contribution in [0.3, 0.4) is 0 Å². The molecule has 0 fully saturated rings. The number of amides is 1. The quantitative estimate of drug-likeness (QED) is 0.626. The van der Waals surface area contributed by atoms with Crippen molar-refractivity contribution in [3.8, 4) is 5.88 Å². The lowest BCUT2D eigenvalue weighted by atomic mass is 10.4. The smallest absolute Gasteiger partial charge is 0.404 e. The molecule has 1 rings (SSSR count). The summed E-state index contributed by atoms with van der Waals surface area (Å²) in [5.41, 5.74) is 0.822. The molecule has 1 aromatic rings. The van der Waals surface area contributed by atoms with Gasteiger partial charge in [-0.05, 0) is 6.07 Å². The van der Waals surface area contributed by atoms with Crippen molar-refractivity contribution in [2.45, 2.75) is 0 Å². The summed E-state index contributed by atoms with van der Waals surface area (Å²) < 4.78 is 4.90. The maximum Gasteiger partial charge on any atom is 0.404 e.